The fourth-order valence-corrected chi connectivity index (χ4v) is 1.21. The third-order valence-electron chi connectivity index (χ3n) is 1.97. The van der Waals surface area contributed by atoms with Gasteiger partial charge in [-0.2, -0.15) is 0 Å². The van der Waals surface area contributed by atoms with Crippen LogP contribution in [0.3, 0.4) is 0 Å². The maximum atomic E-state index is 11.2. The molecule has 0 spiro atoms. The summed E-state index contributed by atoms with van der Waals surface area (Å²) in [5.74, 6) is -1.31. The van der Waals surface area contributed by atoms with Gasteiger partial charge in [-0.25, -0.2) is 4.79 Å². The van der Waals surface area contributed by atoms with Gasteiger partial charge in [0.15, 0.2) is 0 Å². The zero-order chi connectivity index (χ0) is 11.2. The van der Waals surface area contributed by atoms with Crippen molar-refractivity contribution in [2.24, 2.45) is 0 Å². The van der Waals surface area contributed by atoms with Crippen molar-refractivity contribution in [3.05, 3.63) is 12.7 Å². The summed E-state index contributed by atoms with van der Waals surface area (Å²) < 4.78 is 0. The molecule has 1 amide bonds. The Morgan fingerprint density at radius 3 is 2.50 bits per heavy atom. The van der Waals surface area contributed by atoms with E-state index in [4.69, 9.17) is 5.11 Å². The van der Waals surface area contributed by atoms with E-state index < -0.39 is 11.5 Å². The number of carbonyl (C=O) groups excluding carboxylic acids is 1. The third-order valence-corrected chi connectivity index (χ3v) is 1.97. The summed E-state index contributed by atoms with van der Waals surface area (Å²) >= 11 is 0. The van der Waals surface area contributed by atoms with Crippen molar-refractivity contribution in [2.45, 2.75) is 38.6 Å². The molecule has 0 aromatic rings. The molecule has 2 N–H and O–H groups in total. The third kappa shape index (κ3) is 3.60. The van der Waals surface area contributed by atoms with Gasteiger partial charge in [0.1, 0.15) is 5.54 Å². The van der Waals surface area contributed by atoms with Crippen LogP contribution in [0, 0.1) is 0 Å². The molecule has 0 radical (unpaired) electrons. The van der Waals surface area contributed by atoms with Gasteiger partial charge >= 0.3 is 5.97 Å². The molecular formula is C10H17NO3. The lowest BCUT2D eigenvalue weighted by Gasteiger charge is -2.25. The van der Waals surface area contributed by atoms with E-state index in [1.807, 2.05) is 6.92 Å². The zero-order valence-electron chi connectivity index (χ0n) is 8.67. The summed E-state index contributed by atoms with van der Waals surface area (Å²) in [6.07, 6.45) is 2.72. The molecule has 0 aromatic heterocycles. The van der Waals surface area contributed by atoms with E-state index >= 15 is 0 Å². The van der Waals surface area contributed by atoms with E-state index in [9.17, 15) is 9.59 Å². The maximum Gasteiger partial charge on any atom is 0.329 e. The zero-order valence-corrected chi connectivity index (χ0v) is 8.67. The molecule has 4 nitrogen and oxygen atoms in total. The predicted molar refractivity (Wildman–Crippen MR) is 53.9 cm³/mol. The van der Waals surface area contributed by atoms with Crippen molar-refractivity contribution in [1.82, 2.24) is 5.32 Å². The molecule has 14 heavy (non-hydrogen) atoms. The number of carbonyl (C=O) groups is 2. The molecule has 0 saturated carbocycles. The van der Waals surface area contributed by atoms with Crippen molar-refractivity contribution in [1.29, 1.82) is 0 Å². The SMILES string of the molecule is C=CCC(=O)NC(C)(CCC)C(=O)O. The first-order valence-electron chi connectivity index (χ1n) is 4.61. The highest BCUT2D eigenvalue weighted by Crippen LogP contribution is 2.12. The minimum atomic E-state index is -1.16. The minimum Gasteiger partial charge on any atom is -0.480 e. The minimum absolute atomic E-state index is 0.145. The van der Waals surface area contributed by atoms with Gasteiger partial charge in [0.2, 0.25) is 5.91 Å². The van der Waals surface area contributed by atoms with Gasteiger partial charge in [0.05, 0.1) is 0 Å². The highest BCUT2D eigenvalue weighted by atomic mass is 16.4. The molecule has 1 atom stereocenters. The predicted octanol–water partition coefficient (Wildman–Crippen LogP) is 1.32. The highest BCUT2D eigenvalue weighted by molar-refractivity contribution is 5.87. The van der Waals surface area contributed by atoms with Crippen molar-refractivity contribution in [3.63, 3.8) is 0 Å². The molecule has 80 valence electrons. The molecule has 0 aliphatic heterocycles. The lowest BCUT2D eigenvalue weighted by Crippen LogP contribution is -2.51. The van der Waals surface area contributed by atoms with Crippen LogP contribution in [0.5, 0.6) is 0 Å². The number of nitrogens with one attached hydrogen (secondary N) is 1. The summed E-state index contributed by atoms with van der Waals surface area (Å²) in [7, 11) is 0. The molecule has 0 fully saturated rings. The molecule has 4 heteroatoms. The van der Waals surface area contributed by atoms with Crippen LogP contribution in [0.1, 0.15) is 33.1 Å². The van der Waals surface area contributed by atoms with Gasteiger partial charge in [0, 0.05) is 6.42 Å². The number of hydrogen-bond acceptors (Lipinski definition) is 2. The molecule has 0 heterocycles. The average molecular weight is 199 g/mol. The van der Waals surface area contributed by atoms with Crippen molar-refractivity contribution < 1.29 is 14.7 Å². The lowest BCUT2D eigenvalue weighted by atomic mass is 9.96. The van der Waals surface area contributed by atoms with Gasteiger partial charge in [-0.1, -0.05) is 19.4 Å². The molecule has 0 saturated heterocycles. The number of hydrogen-bond donors (Lipinski definition) is 2. The Labute approximate surface area is 84.0 Å². The van der Waals surface area contributed by atoms with E-state index in [1.165, 1.54) is 13.0 Å². The van der Waals surface area contributed by atoms with Gasteiger partial charge in [-0.15, -0.1) is 6.58 Å². The van der Waals surface area contributed by atoms with Gasteiger partial charge in [0.25, 0.3) is 0 Å². The summed E-state index contributed by atoms with van der Waals surface area (Å²) in [4.78, 5) is 22.1. The summed E-state index contributed by atoms with van der Waals surface area (Å²) in [6, 6.07) is 0. The second kappa shape index (κ2) is 5.42. The Morgan fingerprint density at radius 2 is 2.14 bits per heavy atom. The second-order valence-corrected chi connectivity index (χ2v) is 3.43. The maximum absolute atomic E-state index is 11.2. The fraction of sp³-hybridized carbons (Fsp3) is 0.600. The average Bonchev–Trinajstić information content (AvgIpc) is 2.04. The van der Waals surface area contributed by atoms with Crippen LogP contribution in [-0.2, 0) is 9.59 Å². The molecule has 0 bridgehead atoms. The van der Waals surface area contributed by atoms with Crippen LogP contribution in [0.25, 0.3) is 0 Å². The first kappa shape index (κ1) is 12.7. The number of amides is 1. The van der Waals surface area contributed by atoms with Crippen LogP contribution >= 0.6 is 0 Å². The van der Waals surface area contributed by atoms with Crippen molar-refractivity contribution >= 4 is 11.9 Å². The first-order chi connectivity index (χ1) is 6.46. The van der Waals surface area contributed by atoms with E-state index in [1.54, 1.807) is 0 Å². The summed E-state index contributed by atoms with van der Waals surface area (Å²) in [5.41, 5.74) is -1.16. The fourth-order valence-electron chi connectivity index (χ4n) is 1.21. The summed E-state index contributed by atoms with van der Waals surface area (Å²) in [6.45, 7) is 6.80. The Morgan fingerprint density at radius 1 is 1.57 bits per heavy atom. The molecule has 1 unspecified atom stereocenters. The van der Waals surface area contributed by atoms with Gasteiger partial charge in [-0.3, -0.25) is 4.79 Å². The van der Waals surface area contributed by atoms with E-state index in [0.29, 0.717) is 12.8 Å². The quantitative estimate of drug-likeness (QED) is 0.634. The standard InChI is InChI=1S/C10H17NO3/c1-4-6-8(12)11-10(3,7-5-2)9(13)14/h4H,1,5-7H2,2-3H3,(H,11,12)(H,13,14). The Kier molecular flexibility index (Phi) is 4.91. The number of rotatable bonds is 6. The second-order valence-electron chi connectivity index (χ2n) is 3.43. The lowest BCUT2D eigenvalue weighted by molar-refractivity contribution is -0.147. The monoisotopic (exact) mass is 199 g/mol. The Bertz CT molecular complexity index is 238. The van der Waals surface area contributed by atoms with Gasteiger partial charge < -0.3 is 10.4 Å². The van der Waals surface area contributed by atoms with E-state index in [0.717, 1.165) is 0 Å². The summed E-state index contributed by atoms with van der Waals surface area (Å²) in [5, 5.41) is 11.4. The van der Waals surface area contributed by atoms with E-state index in [2.05, 4.69) is 11.9 Å². The Balaban J connectivity index is 4.43. The molecule has 0 aliphatic carbocycles. The largest absolute Gasteiger partial charge is 0.480 e. The number of aliphatic carboxylic acids is 1. The number of carboxylic acid groups (broad SMARTS) is 1. The highest BCUT2D eigenvalue weighted by Gasteiger charge is 2.33. The molecule has 0 aromatic carbocycles. The molecular weight excluding hydrogens is 182 g/mol. The van der Waals surface area contributed by atoms with Crippen LogP contribution in [-0.4, -0.2) is 22.5 Å². The normalized spacial score (nSPS) is 14.1. The topological polar surface area (TPSA) is 66.4 Å². The van der Waals surface area contributed by atoms with Crippen molar-refractivity contribution in [2.75, 3.05) is 0 Å². The number of carboxylic acids is 1. The first-order valence-corrected chi connectivity index (χ1v) is 4.61. The Hall–Kier alpha value is -1.32. The smallest absolute Gasteiger partial charge is 0.329 e. The van der Waals surface area contributed by atoms with Crippen LogP contribution in [0.2, 0.25) is 0 Å². The van der Waals surface area contributed by atoms with Gasteiger partial charge in [-0.05, 0) is 13.3 Å². The van der Waals surface area contributed by atoms with Crippen molar-refractivity contribution in [3.8, 4) is 0 Å². The van der Waals surface area contributed by atoms with Crippen LogP contribution < -0.4 is 5.32 Å². The van der Waals surface area contributed by atoms with Crippen LogP contribution in [0.15, 0.2) is 12.7 Å². The van der Waals surface area contributed by atoms with Crippen LogP contribution in [0.4, 0.5) is 0 Å². The van der Waals surface area contributed by atoms with E-state index in [-0.39, 0.29) is 12.3 Å². The molecule has 0 rings (SSSR count). The molecule has 0 aliphatic rings.